The van der Waals surface area contributed by atoms with E-state index in [4.69, 9.17) is 10.8 Å². The summed E-state index contributed by atoms with van der Waals surface area (Å²) in [6.45, 7) is 2.58. The van der Waals surface area contributed by atoms with Gasteiger partial charge in [0.25, 0.3) is 0 Å². The van der Waals surface area contributed by atoms with Gasteiger partial charge in [0, 0.05) is 24.5 Å². The summed E-state index contributed by atoms with van der Waals surface area (Å²) in [4.78, 5) is 11.0. The van der Waals surface area contributed by atoms with Crippen LogP contribution in [0.4, 0.5) is 11.4 Å². The summed E-state index contributed by atoms with van der Waals surface area (Å²) in [5, 5.41) is 12.1. The summed E-state index contributed by atoms with van der Waals surface area (Å²) in [7, 11) is -3.17. The van der Waals surface area contributed by atoms with Crippen LogP contribution in [0.1, 0.15) is 22.3 Å². The minimum absolute atomic E-state index is 0.0572. The number of rotatable bonds is 7. The highest BCUT2D eigenvalue weighted by molar-refractivity contribution is 7.88. The van der Waals surface area contributed by atoms with Crippen LogP contribution in [0.5, 0.6) is 0 Å². The van der Waals surface area contributed by atoms with Crippen LogP contribution in [-0.2, 0) is 10.0 Å². The number of nitrogen functional groups attached to an aromatic ring is 1. The maximum Gasteiger partial charge on any atom is 0.337 e. The van der Waals surface area contributed by atoms with Crippen molar-refractivity contribution in [3.05, 3.63) is 23.3 Å². The summed E-state index contributed by atoms with van der Waals surface area (Å²) in [5.74, 6) is -1.08. The molecule has 0 aliphatic carbocycles. The molecule has 0 unspecified atom stereocenters. The molecule has 112 valence electrons. The van der Waals surface area contributed by atoms with Crippen LogP contribution in [-0.4, -0.2) is 38.8 Å². The Morgan fingerprint density at radius 3 is 2.55 bits per heavy atom. The van der Waals surface area contributed by atoms with E-state index in [2.05, 4.69) is 10.0 Å². The first kappa shape index (κ1) is 16.3. The van der Waals surface area contributed by atoms with Crippen LogP contribution >= 0.6 is 0 Å². The number of sulfonamides is 1. The molecule has 0 amide bonds. The minimum atomic E-state index is -3.17. The first-order valence-corrected chi connectivity index (χ1v) is 7.92. The number of carboxylic acid groups (broad SMARTS) is 1. The Bertz CT molecular complexity index is 599. The fourth-order valence-electron chi connectivity index (χ4n) is 1.66. The van der Waals surface area contributed by atoms with Gasteiger partial charge in [-0.25, -0.2) is 17.9 Å². The molecular formula is C12H19N3O4S. The number of anilines is 2. The second-order valence-electron chi connectivity index (χ2n) is 4.51. The van der Waals surface area contributed by atoms with Gasteiger partial charge in [0.05, 0.1) is 11.8 Å². The van der Waals surface area contributed by atoms with Crippen LogP contribution in [0.2, 0.25) is 0 Å². The van der Waals surface area contributed by atoms with E-state index in [0.717, 1.165) is 6.26 Å². The molecule has 0 bridgehead atoms. The molecule has 0 saturated carbocycles. The van der Waals surface area contributed by atoms with E-state index in [1.54, 1.807) is 13.0 Å². The van der Waals surface area contributed by atoms with Crippen molar-refractivity contribution in [2.75, 3.05) is 30.4 Å². The molecule has 1 aromatic rings. The van der Waals surface area contributed by atoms with Gasteiger partial charge in [-0.05, 0) is 31.0 Å². The Labute approximate surface area is 118 Å². The van der Waals surface area contributed by atoms with E-state index < -0.39 is 16.0 Å². The van der Waals surface area contributed by atoms with Gasteiger partial charge in [-0.2, -0.15) is 0 Å². The van der Waals surface area contributed by atoms with Gasteiger partial charge in [0.15, 0.2) is 0 Å². The van der Waals surface area contributed by atoms with Crippen molar-refractivity contribution in [2.24, 2.45) is 0 Å². The Morgan fingerprint density at radius 2 is 2.00 bits per heavy atom. The topological polar surface area (TPSA) is 122 Å². The third-order valence-electron chi connectivity index (χ3n) is 2.66. The summed E-state index contributed by atoms with van der Waals surface area (Å²) in [6.07, 6.45) is 1.68. The minimum Gasteiger partial charge on any atom is -0.478 e. The normalized spacial score (nSPS) is 11.3. The summed E-state index contributed by atoms with van der Waals surface area (Å²) in [6, 6.07) is 3.22. The molecule has 20 heavy (non-hydrogen) atoms. The number of aromatic carboxylic acids is 1. The summed E-state index contributed by atoms with van der Waals surface area (Å²) < 4.78 is 24.1. The second kappa shape index (κ2) is 6.58. The summed E-state index contributed by atoms with van der Waals surface area (Å²) >= 11 is 0. The Hall–Kier alpha value is -1.80. The number of carboxylic acids is 1. The van der Waals surface area contributed by atoms with Crippen molar-refractivity contribution in [3.63, 3.8) is 0 Å². The van der Waals surface area contributed by atoms with Crippen molar-refractivity contribution in [1.29, 1.82) is 0 Å². The third-order valence-corrected chi connectivity index (χ3v) is 3.39. The number of hydrogen-bond acceptors (Lipinski definition) is 5. The van der Waals surface area contributed by atoms with Crippen molar-refractivity contribution in [1.82, 2.24) is 4.72 Å². The lowest BCUT2D eigenvalue weighted by Crippen LogP contribution is -2.24. The molecule has 0 aliphatic heterocycles. The average Bonchev–Trinajstić information content (AvgIpc) is 2.31. The highest BCUT2D eigenvalue weighted by Crippen LogP contribution is 2.22. The molecule has 0 fully saturated rings. The first-order chi connectivity index (χ1) is 9.20. The molecule has 5 N–H and O–H groups in total. The van der Waals surface area contributed by atoms with Gasteiger partial charge < -0.3 is 16.2 Å². The number of nitrogens with two attached hydrogens (primary N) is 1. The number of aryl methyl sites for hydroxylation is 1. The molecule has 0 saturated heterocycles. The highest BCUT2D eigenvalue weighted by atomic mass is 32.2. The molecule has 0 aromatic heterocycles. The third kappa shape index (κ3) is 5.06. The van der Waals surface area contributed by atoms with E-state index in [0.29, 0.717) is 30.8 Å². The van der Waals surface area contributed by atoms with E-state index in [-0.39, 0.29) is 11.3 Å². The van der Waals surface area contributed by atoms with Gasteiger partial charge >= 0.3 is 5.97 Å². The van der Waals surface area contributed by atoms with E-state index in [1.165, 1.54) is 6.07 Å². The number of carbonyl (C=O) groups is 1. The molecule has 0 aliphatic rings. The van der Waals surface area contributed by atoms with Gasteiger partial charge in [0.2, 0.25) is 10.0 Å². The van der Waals surface area contributed by atoms with Crippen molar-refractivity contribution in [2.45, 2.75) is 13.3 Å². The quantitative estimate of drug-likeness (QED) is 0.433. The maximum absolute atomic E-state index is 11.0. The Balaban J connectivity index is 2.59. The molecule has 1 rings (SSSR count). The Morgan fingerprint density at radius 1 is 1.35 bits per heavy atom. The lowest BCUT2D eigenvalue weighted by molar-refractivity contribution is 0.0698. The average molecular weight is 301 g/mol. The maximum atomic E-state index is 11.0. The van der Waals surface area contributed by atoms with Gasteiger partial charge in [-0.3, -0.25) is 0 Å². The molecule has 0 spiro atoms. The molecule has 8 heteroatoms. The van der Waals surface area contributed by atoms with Crippen LogP contribution in [0.3, 0.4) is 0 Å². The highest BCUT2D eigenvalue weighted by Gasteiger charge is 2.11. The van der Waals surface area contributed by atoms with E-state index in [9.17, 15) is 13.2 Å². The van der Waals surface area contributed by atoms with Crippen molar-refractivity contribution >= 4 is 27.4 Å². The largest absolute Gasteiger partial charge is 0.478 e. The number of nitrogens with one attached hydrogen (secondary N) is 2. The zero-order chi connectivity index (χ0) is 15.3. The monoisotopic (exact) mass is 301 g/mol. The van der Waals surface area contributed by atoms with E-state index in [1.807, 2.05) is 0 Å². The first-order valence-electron chi connectivity index (χ1n) is 6.02. The predicted molar refractivity (Wildman–Crippen MR) is 78.5 cm³/mol. The zero-order valence-corrected chi connectivity index (χ0v) is 12.3. The van der Waals surface area contributed by atoms with E-state index >= 15 is 0 Å². The molecule has 0 heterocycles. The molecule has 0 atom stereocenters. The number of benzene rings is 1. The van der Waals surface area contributed by atoms with Crippen LogP contribution in [0, 0.1) is 6.92 Å². The van der Waals surface area contributed by atoms with Gasteiger partial charge in [-0.1, -0.05) is 0 Å². The van der Waals surface area contributed by atoms with Crippen molar-refractivity contribution in [3.8, 4) is 0 Å². The molecule has 7 nitrogen and oxygen atoms in total. The van der Waals surface area contributed by atoms with Gasteiger partial charge in [0.1, 0.15) is 0 Å². The van der Waals surface area contributed by atoms with Crippen LogP contribution < -0.4 is 15.8 Å². The zero-order valence-electron chi connectivity index (χ0n) is 11.4. The second-order valence-corrected chi connectivity index (χ2v) is 6.34. The Kier molecular flexibility index (Phi) is 5.34. The lowest BCUT2D eigenvalue weighted by atomic mass is 10.1. The standard InChI is InChI=1S/C12H19N3O4S/c1-8-6-9(7-10(11(8)13)12(16)17)14-4-3-5-15-20(2,18)19/h6-7,14-15H,3-5,13H2,1-2H3,(H,16,17). The predicted octanol–water partition coefficient (Wildman–Crippen LogP) is 0.627. The van der Waals surface area contributed by atoms with Crippen LogP contribution in [0.15, 0.2) is 12.1 Å². The molecule has 0 radical (unpaired) electrons. The SMILES string of the molecule is Cc1cc(NCCCNS(C)(=O)=O)cc(C(=O)O)c1N. The molecular weight excluding hydrogens is 282 g/mol. The van der Waals surface area contributed by atoms with Gasteiger partial charge in [-0.15, -0.1) is 0 Å². The fraction of sp³-hybridized carbons (Fsp3) is 0.417. The lowest BCUT2D eigenvalue weighted by Gasteiger charge is -2.11. The van der Waals surface area contributed by atoms with Crippen LogP contribution in [0.25, 0.3) is 0 Å². The summed E-state index contributed by atoms with van der Waals surface area (Å²) in [5.41, 5.74) is 7.33. The van der Waals surface area contributed by atoms with Crippen molar-refractivity contribution < 1.29 is 18.3 Å². The molecule has 1 aromatic carbocycles. The number of hydrogen-bond donors (Lipinski definition) is 4. The fourth-order valence-corrected chi connectivity index (χ4v) is 2.17. The smallest absolute Gasteiger partial charge is 0.337 e.